The fraction of sp³-hybridized carbons (Fsp3) is 0.529. The number of carbonyl (C=O) groups is 2. The van der Waals surface area contributed by atoms with E-state index in [-0.39, 0.29) is 24.8 Å². The van der Waals surface area contributed by atoms with E-state index in [4.69, 9.17) is 4.74 Å². The SMILES string of the molecule is CC(C)C1(CC=O)CC2Oc3ccc(C(F)(F)F)cc3CN2C1=O. The van der Waals surface area contributed by atoms with Crippen molar-refractivity contribution in [1.82, 2.24) is 4.90 Å². The second-order valence-corrected chi connectivity index (χ2v) is 6.71. The minimum atomic E-state index is -4.44. The maximum atomic E-state index is 12.9. The summed E-state index contributed by atoms with van der Waals surface area (Å²) in [4.78, 5) is 25.4. The monoisotopic (exact) mass is 341 g/mol. The van der Waals surface area contributed by atoms with Gasteiger partial charge in [0.05, 0.1) is 17.5 Å². The molecule has 1 aromatic carbocycles. The highest BCUT2D eigenvalue weighted by Crippen LogP contribution is 2.48. The van der Waals surface area contributed by atoms with Crippen LogP contribution < -0.4 is 4.74 Å². The van der Waals surface area contributed by atoms with Crippen LogP contribution in [0.5, 0.6) is 5.75 Å². The van der Waals surface area contributed by atoms with Crippen molar-refractivity contribution >= 4 is 12.2 Å². The quantitative estimate of drug-likeness (QED) is 0.792. The fourth-order valence-corrected chi connectivity index (χ4v) is 3.57. The second-order valence-electron chi connectivity index (χ2n) is 6.71. The Kier molecular flexibility index (Phi) is 3.85. The molecule has 130 valence electrons. The number of hydrogen-bond donors (Lipinski definition) is 0. The molecule has 0 spiro atoms. The van der Waals surface area contributed by atoms with Crippen molar-refractivity contribution in [1.29, 1.82) is 0 Å². The van der Waals surface area contributed by atoms with E-state index in [1.54, 1.807) is 0 Å². The molecule has 0 bridgehead atoms. The van der Waals surface area contributed by atoms with Crippen molar-refractivity contribution in [3.63, 3.8) is 0 Å². The van der Waals surface area contributed by atoms with Gasteiger partial charge in [0.2, 0.25) is 5.91 Å². The van der Waals surface area contributed by atoms with E-state index >= 15 is 0 Å². The van der Waals surface area contributed by atoms with Gasteiger partial charge in [0.25, 0.3) is 0 Å². The lowest BCUT2D eigenvalue weighted by Crippen LogP contribution is -2.42. The summed E-state index contributed by atoms with van der Waals surface area (Å²) in [5.41, 5.74) is -1.28. The Hall–Kier alpha value is -2.05. The number of hydrogen-bond acceptors (Lipinski definition) is 3. The van der Waals surface area contributed by atoms with Crippen molar-refractivity contribution in [2.45, 2.75) is 45.6 Å². The first kappa shape index (κ1) is 16.8. The van der Waals surface area contributed by atoms with Gasteiger partial charge < -0.3 is 14.4 Å². The van der Waals surface area contributed by atoms with E-state index in [1.807, 2.05) is 13.8 Å². The number of halogens is 3. The van der Waals surface area contributed by atoms with Crippen LogP contribution in [0.25, 0.3) is 0 Å². The molecule has 24 heavy (non-hydrogen) atoms. The second kappa shape index (κ2) is 5.50. The molecule has 7 heteroatoms. The van der Waals surface area contributed by atoms with E-state index < -0.39 is 23.4 Å². The molecule has 3 rings (SSSR count). The Morgan fingerprint density at radius 3 is 2.71 bits per heavy atom. The number of alkyl halides is 3. The van der Waals surface area contributed by atoms with Gasteiger partial charge in [-0.05, 0) is 24.1 Å². The van der Waals surface area contributed by atoms with Crippen LogP contribution in [0.2, 0.25) is 0 Å². The molecule has 1 aromatic rings. The fourth-order valence-electron chi connectivity index (χ4n) is 3.57. The van der Waals surface area contributed by atoms with Crippen molar-refractivity contribution in [2.75, 3.05) is 0 Å². The van der Waals surface area contributed by atoms with Gasteiger partial charge in [-0.15, -0.1) is 0 Å². The summed E-state index contributed by atoms with van der Waals surface area (Å²) in [5, 5.41) is 0. The van der Waals surface area contributed by atoms with Gasteiger partial charge in [-0.25, -0.2) is 0 Å². The molecular formula is C17H18F3NO3. The van der Waals surface area contributed by atoms with Gasteiger partial charge >= 0.3 is 6.18 Å². The maximum absolute atomic E-state index is 12.9. The normalized spacial score (nSPS) is 26.2. The van der Waals surface area contributed by atoms with E-state index in [9.17, 15) is 22.8 Å². The predicted molar refractivity (Wildman–Crippen MR) is 79.0 cm³/mol. The predicted octanol–water partition coefficient (Wildman–Crippen LogP) is 3.39. The number of nitrogens with zero attached hydrogens (tertiary/aromatic N) is 1. The lowest BCUT2D eigenvalue weighted by atomic mass is 9.73. The van der Waals surface area contributed by atoms with E-state index in [0.29, 0.717) is 17.7 Å². The van der Waals surface area contributed by atoms with Crippen LogP contribution in [0.4, 0.5) is 13.2 Å². The molecule has 0 N–H and O–H groups in total. The maximum Gasteiger partial charge on any atom is 0.416 e. The summed E-state index contributed by atoms with van der Waals surface area (Å²) < 4.78 is 44.4. The highest BCUT2D eigenvalue weighted by atomic mass is 19.4. The molecule has 4 nitrogen and oxygen atoms in total. The first-order chi connectivity index (χ1) is 11.2. The van der Waals surface area contributed by atoms with Crippen LogP contribution in [0.1, 0.15) is 37.8 Å². The number of amides is 1. The first-order valence-electron chi connectivity index (χ1n) is 7.80. The number of benzene rings is 1. The van der Waals surface area contributed by atoms with Crippen molar-refractivity contribution in [2.24, 2.45) is 11.3 Å². The summed E-state index contributed by atoms with van der Waals surface area (Å²) >= 11 is 0. The van der Waals surface area contributed by atoms with Gasteiger partial charge in [0, 0.05) is 18.4 Å². The Morgan fingerprint density at radius 1 is 1.42 bits per heavy atom. The van der Waals surface area contributed by atoms with Crippen LogP contribution >= 0.6 is 0 Å². The van der Waals surface area contributed by atoms with Gasteiger partial charge in [0.15, 0.2) is 6.23 Å². The highest BCUT2D eigenvalue weighted by molar-refractivity contribution is 5.88. The van der Waals surface area contributed by atoms with Crippen molar-refractivity contribution in [3.05, 3.63) is 29.3 Å². The molecule has 2 heterocycles. The smallest absolute Gasteiger partial charge is 0.416 e. The zero-order valence-corrected chi connectivity index (χ0v) is 13.4. The summed E-state index contributed by atoms with van der Waals surface area (Å²) in [6, 6.07) is 3.30. The van der Waals surface area contributed by atoms with E-state index in [2.05, 4.69) is 0 Å². The number of aldehydes is 1. The van der Waals surface area contributed by atoms with Gasteiger partial charge in [-0.1, -0.05) is 13.8 Å². The summed E-state index contributed by atoms with van der Waals surface area (Å²) in [7, 11) is 0. The summed E-state index contributed by atoms with van der Waals surface area (Å²) in [5.74, 6) is 0.0682. The molecule has 2 aliphatic rings. The first-order valence-corrected chi connectivity index (χ1v) is 7.80. The molecule has 1 amide bonds. The van der Waals surface area contributed by atoms with Crippen LogP contribution in [0, 0.1) is 11.3 Å². The summed E-state index contributed by atoms with van der Waals surface area (Å²) in [6.45, 7) is 3.81. The molecule has 0 radical (unpaired) electrons. The zero-order valence-electron chi connectivity index (χ0n) is 13.4. The zero-order chi connectivity index (χ0) is 17.7. The summed E-state index contributed by atoms with van der Waals surface area (Å²) in [6.07, 6.45) is -3.80. The molecule has 2 aliphatic heterocycles. The standard InChI is InChI=1S/C17H18F3NO3/c1-10(2)16(5-6-22)8-14-21(15(16)23)9-11-7-12(17(18,19)20)3-4-13(11)24-14/h3-4,6-7,10,14H,5,8-9H2,1-2H3. The largest absolute Gasteiger partial charge is 0.470 e. The Balaban J connectivity index is 1.94. The molecule has 1 saturated heterocycles. The molecular weight excluding hydrogens is 323 g/mol. The van der Waals surface area contributed by atoms with Crippen molar-refractivity contribution in [3.8, 4) is 5.75 Å². The Labute approximate surface area is 137 Å². The third kappa shape index (κ3) is 2.46. The van der Waals surface area contributed by atoms with Gasteiger partial charge in [0.1, 0.15) is 12.0 Å². The van der Waals surface area contributed by atoms with Crippen LogP contribution in [0.3, 0.4) is 0 Å². The van der Waals surface area contributed by atoms with E-state index in [0.717, 1.165) is 18.4 Å². The number of ether oxygens (including phenoxy) is 1. The van der Waals surface area contributed by atoms with Gasteiger partial charge in [-0.2, -0.15) is 13.2 Å². The molecule has 0 aromatic heterocycles. The Morgan fingerprint density at radius 2 is 2.12 bits per heavy atom. The van der Waals surface area contributed by atoms with Gasteiger partial charge in [-0.3, -0.25) is 4.79 Å². The third-order valence-corrected chi connectivity index (χ3v) is 5.12. The average molecular weight is 341 g/mol. The molecule has 1 fully saturated rings. The number of fused-ring (bicyclic) bond motifs is 2. The highest BCUT2D eigenvalue weighted by Gasteiger charge is 2.55. The number of rotatable bonds is 3. The van der Waals surface area contributed by atoms with Crippen LogP contribution in [-0.4, -0.2) is 23.3 Å². The molecule has 0 saturated carbocycles. The third-order valence-electron chi connectivity index (χ3n) is 5.12. The van der Waals surface area contributed by atoms with Crippen molar-refractivity contribution < 1.29 is 27.5 Å². The van der Waals surface area contributed by atoms with Crippen LogP contribution in [0.15, 0.2) is 18.2 Å². The number of carbonyl (C=O) groups excluding carboxylic acids is 2. The minimum Gasteiger partial charge on any atom is -0.470 e. The lowest BCUT2D eigenvalue weighted by Gasteiger charge is -2.32. The van der Waals surface area contributed by atoms with Crippen LogP contribution in [-0.2, 0) is 22.3 Å². The minimum absolute atomic E-state index is 0.0656. The topological polar surface area (TPSA) is 46.6 Å². The Bertz CT molecular complexity index is 686. The average Bonchev–Trinajstić information content (AvgIpc) is 2.77. The van der Waals surface area contributed by atoms with E-state index in [1.165, 1.54) is 11.0 Å². The lowest BCUT2D eigenvalue weighted by molar-refractivity contribution is -0.143. The molecule has 0 aliphatic carbocycles. The molecule has 2 atom stereocenters. The molecule has 2 unspecified atom stereocenters.